The number of H-pyrrole nitrogens is 1. The van der Waals surface area contributed by atoms with Crippen LogP contribution in [0.4, 0.5) is 0 Å². The van der Waals surface area contributed by atoms with Gasteiger partial charge in [0.2, 0.25) is 0 Å². The zero-order chi connectivity index (χ0) is 16.8. The number of nitrogens with one attached hydrogen (secondary N) is 2. The molecule has 0 radical (unpaired) electrons. The molecular weight excluding hydrogens is 306 g/mol. The van der Waals surface area contributed by atoms with Gasteiger partial charge in [-0.1, -0.05) is 0 Å². The van der Waals surface area contributed by atoms with Crippen LogP contribution in [0, 0.1) is 0 Å². The van der Waals surface area contributed by atoms with Crippen LogP contribution >= 0.6 is 0 Å². The van der Waals surface area contributed by atoms with Gasteiger partial charge in [0.1, 0.15) is 5.75 Å². The van der Waals surface area contributed by atoms with Crippen LogP contribution in [0.5, 0.6) is 5.75 Å². The van der Waals surface area contributed by atoms with E-state index in [0.717, 1.165) is 37.2 Å². The van der Waals surface area contributed by atoms with Crippen LogP contribution in [0.15, 0.2) is 30.5 Å². The highest BCUT2D eigenvalue weighted by Crippen LogP contribution is 2.23. The van der Waals surface area contributed by atoms with Crippen LogP contribution in [0.3, 0.4) is 0 Å². The molecule has 1 aromatic carbocycles. The van der Waals surface area contributed by atoms with Crippen LogP contribution in [-0.2, 0) is 4.74 Å². The number of benzene rings is 1. The minimum Gasteiger partial charge on any atom is -0.497 e. The lowest BCUT2D eigenvalue weighted by Crippen LogP contribution is -2.29. The molecule has 6 heteroatoms. The molecule has 1 aliphatic rings. The predicted octanol–water partition coefficient (Wildman–Crippen LogP) is 2.77. The summed E-state index contributed by atoms with van der Waals surface area (Å²) in [7, 11) is 1.63. The highest BCUT2D eigenvalue weighted by molar-refractivity contribution is 5.99. The summed E-state index contributed by atoms with van der Waals surface area (Å²) in [6.07, 6.45) is 6.11. The summed E-state index contributed by atoms with van der Waals surface area (Å²) in [4.78, 5) is 12.4. The van der Waals surface area contributed by atoms with E-state index in [1.807, 2.05) is 24.3 Å². The summed E-state index contributed by atoms with van der Waals surface area (Å²) in [5, 5.41) is 9.88. The van der Waals surface area contributed by atoms with Crippen molar-refractivity contribution in [2.24, 2.45) is 0 Å². The van der Waals surface area contributed by atoms with Crippen LogP contribution in [0.2, 0.25) is 0 Å². The van der Waals surface area contributed by atoms with Crippen molar-refractivity contribution in [3.63, 3.8) is 0 Å². The Morgan fingerprint density at radius 3 is 2.92 bits per heavy atom. The summed E-state index contributed by atoms with van der Waals surface area (Å²) in [6.45, 7) is 1.44. The van der Waals surface area contributed by atoms with Crippen molar-refractivity contribution in [1.82, 2.24) is 15.5 Å². The lowest BCUT2D eigenvalue weighted by molar-refractivity contribution is 0.0117. The van der Waals surface area contributed by atoms with Gasteiger partial charge in [0, 0.05) is 18.7 Å². The molecule has 128 valence electrons. The normalized spacial score (nSPS) is 17.5. The van der Waals surface area contributed by atoms with Crippen molar-refractivity contribution in [3.05, 3.63) is 36.0 Å². The number of aromatic amines is 1. The maximum Gasteiger partial charge on any atom is 0.255 e. The second-order valence-electron chi connectivity index (χ2n) is 5.92. The minimum absolute atomic E-state index is 0.120. The van der Waals surface area contributed by atoms with E-state index in [-0.39, 0.29) is 12.0 Å². The largest absolute Gasteiger partial charge is 0.497 e. The maximum absolute atomic E-state index is 12.4. The van der Waals surface area contributed by atoms with Gasteiger partial charge in [0.15, 0.2) is 0 Å². The first-order valence-corrected chi connectivity index (χ1v) is 8.35. The van der Waals surface area contributed by atoms with Crippen LogP contribution < -0.4 is 10.1 Å². The van der Waals surface area contributed by atoms with Gasteiger partial charge in [-0.25, -0.2) is 0 Å². The summed E-state index contributed by atoms with van der Waals surface area (Å²) in [5.74, 6) is 0.655. The first kappa shape index (κ1) is 16.5. The number of methoxy groups -OCH3 is 1. The topological polar surface area (TPSA) is 76.2 Å². The van der Waals surface area contributed by atoms with Crippen molar-refractivity contribution in [1.29, 1.82) is 0 Å². The molecule has 0 spiro atoms. The van der Waals surface area contributed by atoms with E-state index < -0.39 is 0 Å². The van der Waals surface area contributed by atoms with Crippen molar-refractivity contribution in [2.45, 2.75) is 31.8 Å². The van der Waals surface area contributed by atoms with E-state index in [4.69, 9.17) is 9.47 Å². The van der Waals surface area contributed by atoms with Gasteiger partial charge in [0.05, 0.1) is 30.7 Å². The molecule has 3 rings (SSSR count). The summed E-state index contributed by atoms with van der Waals surface area (Å²) in [5.41, 5.74) is 2.16. The van der Waals surface area contributed by atoms with Crippen LogP contribution in [0.1, 0.15) is 36.0 Å². The van der Waals surface area contributed by atoms with Crippen molar-refractivity contribution in [3.8, 4) is 17.0 Å². The number of carbonyl (C=O) groups is 1. The van der Waals surface area contributed by atoms with Crippen LogP contribution in [-0.4, -0.2) is 42.5 Å². The Hall–Kier alpha value is -2.34. The van der Waals surface area contributed by atoms with E-state index in [2.05, 4.69) is 15.5 Å². The summed E-state index contributed by atoms with van der Waals surface area (Å²) < 4.78 is 10.8. The molecule has 1 atom stereocenters. The number of rotatable bonds is 6. The van der Waals surface area contributed by atoms with Crippen molar-refractivity contribution >= 4 is 5.91 Å². The molecule has 0 bridgehead atoms. The standard InChI is InChI=1S/C18H23N3O3/c1-23-14-7-5-13(6-8-14)17-16(12-20-21-17)18(22)19-10-9-15-4-2-3-11-24-15/h5-8,12,15H,2-4,9-11H2,1H3,(H,19,22)(H,20,21)/t15-/m0/s1. The van der Waals surface area contributed by atoms with Gasteiger partial charge < -0.3 is 14.8 Å². The highest BCUT2D eigenvalue weighted by Gasteiger charge is 2.17. The molecule has 2 N–H and O–H groups in total. The van der Waals surface area contributed by atoms with Gasteiger partial charge in [-0.3, -0.25) is 9.89 Å². The van der Waals surface area contributed by atoms with Gasteiger partial charge in [-0.05, 0) is 49.9 Å². The summed E-state index contributed by atoms with van der Waals surface area (Å²) >= 11 is 0. The fourth-order valence-corrected chi connectivity index (χ4v) is 2.91. The fourth-order valence-electron chi connectivity index (χ4n) is 2.91. The van der Waals surface area contributed by atoms with Gasteiger partial charge in [0.25, 0.3) is 5.91 Å². The maximum atomic E-state index is 12.4. The number of hydrogen-bond donors (Lipinski definition) is 2. The Morgan fingerprint density at radius 1 is 1.38 bits per heavy atom. The Kier molecular flexibility index (Phi) is 5.48. The smallest absolute Gasteiger partial charge is 0.255 e. The number of amides is 1. The third-order valence-electron chi connectivity index (χ3n) is 4.29. The SMILES string of the molecule is COc1ccc(-c2[nH]ncc2C(=O)NCC[C@@H]2CCCCO2)cc1. The predicted molar refractivity (Wildman–Crippen MR) is 91.1 cm³/mol. The molecule has 1 amide bonds. The zero-order valence-corrected chi connectivity index (χ0v) is 13.9. The van der Waals surface area contributed by atoms with Crippen molar-refractivity contribution < 1.29 is 14.3 Å². The lowest BCUT2D eigenvalue weighted by atomic mass is 10.1. The van der Waals surface area contributed by atoms with Gasteiger partial charge in [-0.15, -0.1) is 0 Å². The first-order valence-electron chi connectivity index (χ1n) is 8.35. The average molecular weight is 329 g/mol. The molecule has 1 saturated heterocycles. The number of ether oxygens (including phenoxy) is 2. The minimum atomic E-state index is -0.120. The average Bonchev–Trinajstić information content (AvgIpc) is 3.12. The number of carbonyl (C=O) groups excluding carboxylic acids is 1. The lowest BCUT2D eigenvalue weighted by Gasteiger charge is -2.22. The second-order valence-corrected chi connectivity index (χ2v) is 5.92. The number of hydrogen-bond acceptors (Lipinski definition) is 4. The Balaban J connectivity index is 1.60. The van der Waals surface area contributed by atoms with Gasteiger partial charge >= 0.3 is 0 Å². The van der Waals surface area contributed by atoms with E-state index in [9.17, 15) is 4.79 Å². The number of nitrogens with zero attached hydrogens (tertiary/aromatic N) is 1. The van der Waals surface area contributed by atoms with Gasteiger partial charge in [-0.2, -0.15) is 5.10 Å². The number of aromatic nitrogens is 2. The van der Waals surface area contributed by atoms with Crippen molar-refractivity contribution in [2.75, 3.05) is 20.3 Å². The third-order valence-corrected chi connectivity index (χ3v) is 4.29. The third kappa shape index (κ3) is 3.94. The highest BCUT2D eigenvalue weighted by atomic mass is 16.5. The Labute approximate surface area is 141 Å². The molecule has 1 aromatic heterocycles. The Morgan fingerprint density at radius 2 is 2.21 bits per heavy atom. The monoisotopic (exact) mass is 329 g/mol. The Bertz CT molecular complexity index is 660. The first-order chi connectivity index (χ1) is 11.8. The van der Waals surface area contributed by atoms with E-state index in [1.54, 1.807) is 13.3 Å². The molecule has 0 aliphatic carbocycles. The van der Waals surface area contributed by atoms with E-state index in [0.29, 0.717) is 17.8 Å². The quantitative estimate of drug-likeness (QED) is 0.854. The van der Waals surface area contributed by atoms with E-state index >= 15 is 0 Å². The molecule has 24 heavy (non-hydrogen) atoms. The van der Waals surface area contributed by atoms with Crippen LogP contribution in [0.25, 0.3) is 11.3 Å². The molecule has 1 fully saturated rings. The second kappa shape index (κ2) is 7.97. The van der Waals surface area contributed by atoms with E-state index in [1.165, 1.54) is 6.42 Å². The molecule has 1 aliphatic heterocycles. The molecule has 6 nitrogen and oxygen atoms in total. The summed E-state index contributed by atoms with van der Waals surface area (Å²) in [6, 6.07) is 7.52. The molecule has 0 saturated carbocycles. The fraction of sp³-hybridized carbons (Fsp3) is 0.444. The molecule has 2 heterocycles. The molecule has 0 unspecified atom stereocenters. The molecular formula is C18H23N3O3. The zero-order valence-electron chi connectivity index (χ0n) is 13.9. The molecule has 2 aromatic rings.